The van der Waals surface area contributed by atoms with E-state index < -0.39 is 5.97 Å². The topological polar surface area (TPSA) is 59.8 Å². The molecule has 0 unspecified atom stereocenters. The van der Waals surface area contributed by atoms with E-state index in [2.05, 4.69) is 10.1 Å². The fourth-order valence-electron chi connectivity index (χ4n) is 1.58. The van der Waals surface area contributed by atoms with Gasteiger partial charge in [0.25, 0.3) is 5.91 Å². The number of ether oxygens (including phenoxy) is 1. The van der Waals surface area contributed by atoms with Gasteiger partial charge < -0.3 is 15.0 Å². The Morgan fingerprint density at radius 1 is 1.39 bits per heavy atom. The summed E-state index contributed by atoms with van der Waals surface area (Å²) < 4.78 is 4.66. The van der Waals surface area contributed by atoms with Crippen molar-refractivity contribution in [2.24, 2.45) is 0 Å². The first-order chi connectivity index (χ1) is 8.62. The summed E-state index contributed by atoms with van der Waals surface area (Å²) in [7, 11) is 1.33. The molecule has 0 fully saturated rings. The maximum atomic E-state index is 11.8. The Balaban J connectivity index is 2.65. The van der Waals surface area contributed by atoms with Crippen molar-refractivity contribution in [3.8, 4) is 0 Å². The van der Waals surface area contributed by atoms with Gasteiger partial charge in [0.15, 0.2) is 6.54 Å². The highest BCUT2D eigenvalue weighted by molar-refractivity contribution is 7.12. The third-order valence-electron chi connectivity index (χ3n) is 2.72. The van der Waals surface area contributed by atoms with Crippen molar-refractivity contribution in [1.82, 2.24) is 0 Å². The second-order valence-electron chi connectivity index (χ2n) is 3.84. The third kappa shape index (κ3) is 3.82. The lowest BCUT2D eigenvalue weighted by molar-refractivity contribution is -0.888. The van der Waals surface area contributed by atoms with Crippen LogP contribution in [-0.4, -0.2) is 38.6 Å². The summed E-state index contributed by atoms with van der Waals surface area (Å²) in [5, 5.41) is 4.51. The molecule has 1 rings (SSSR count). The molecule has 0 aliphatic heterocycles. The Labute approximate surface area is 111 Å². The lowest BCUT2D eigenvalue weighted by atomic mass is 10.3. The number of methoxy groups -OCH3 is 1. The van der Waals surface area contributed by atoms with Gasteiger partial charge in [0.1, 0.15) is 4.88 Å². The number of anilines is 1. The molecule has 0 aliphatic carbocycles. The van der Waals surface area contributed by atoms with Crippen LogP contribution in [0.25, 0.3) is 0 Å². The van der Waals surface area contributed by atoms with Gasteiger partial charge in [0.05, 0.1) is 25.9 Å². The summed E-state index contributed by atoms with van der Waals surface area (Å²) in [5.41, 5.74) is 0.531. The maximum absolute atomic E-state index is 11.8. The number of carbonyl (C=O) groups is 2. The number of amides is 1. The lowest BCUT2D eigenvalue weighted by Gasteiger charge is -2.14. The number of carbonyl (C=O) groups excluding carboxylic acids is 2. The molecule has 1 amide bonds. The first kappa shape index (κ1) is 14.7. The molecule has 0 saturated heterocycles. The van der Waals surface area contributed by atoms with Crippen molar-refractivity contribution < 1.29 is 19.2 Å². The normalized spacial score (nSPS) is 10.4. The molecule has 0 radical (unpaired) electrons. The Hall–Kier alpha value is -1.40. The zero-order valence-electron chi connectivity index (χ0n) is 10.9. The summed E-state index contributed by atoms with van der Waals surface area (Å²) in [6, 6.07) is 1.71. The first-order valence-corrected chi connectivity index (χ1v) is 6.79. The molecule has 0 atom stereocenters. The van der Waals surface area contributed by atoms with Crippen molar-refractivity contribution in [2.75, 3.05) is 32.1 Å². The number of likely N-dealkylation sites (N-methyl/N-ethyl adjacent to an activating group) is 1. The van der Waals surface area contributed by atoms with Crippen LogP contribution >= 0.6 is 11.3 Å². The van der Waals surface area contributed by atoms with E-state index in [9.17, 15) is 9.59 Å². The van der Waals surface area contributed by atoms with Gasteiger partial charge in [-0.25, -0.2) is 4.79 Å². The third-order valence-corrected chi connectivity index (χ3v) is 3.62. The molecule has 18 heavy (non-hydrogen) atoms. The van der Waals surface area contributed by atoms with Crippen molar-refractivity contribution >= 4 is 28.9 Å². The van der Waals surface area contributed by atoms with E-state index in [1.54, 1.807) is 11.4 Å². The smallest absolute Gasteiger partial charge is 0.350 e. The van der Waals surface area contributed by atoms with Crippen LogP contribution in [0.15, 0.2) is 11.4 Å². The number of quaternary nitrogens is 1. The van der Waals surface area contributed by atoms with E-state index in [0.29, 0.717) is 17.1 Å². The van der Waals surface area contributed by atoms with Crippen LogP contribution in [0.4, 0.5) is 5.69 Å². The fourth-order valence-corrected chi connectivity index (χ4v) is 2.35. The van der Waals surface area contributed by atoms with Crippen molar-refractivity contribution in [1.29, 1.82) is 0 Å². The molecule has 1 heterocycles. The number of hydrogen-bond donors (Lipinski definition) is 2. The molecule has 2 N–H and O–H groups in total. The molecule has 1 aromatic rings. The lowest BCUT2D eigenvalue weighted by Crippen LogP contribution is -3.12. The van der Waals surface area contributed by atoms with Gasteiger partial charge in [0, 0.05) is 0 Å². The number of esters is 1. The quantitative estimate of drug-likeness (QED) is 0.736. The van der Waals surface area contributed by atoms with Gasteiger partial charge in [-0.05, 0) is 25.3 Å². The van der Waals surface area contributed by atoms with E-state index in [0.717, 1.165) is 13.1 Å². The Kier molecular flexibility index (Phi) is 5.80. The highest BCUT2D eigenvalue weighted by Crippen LogP contribution is 2.22. The number of rotatable bonds is 6. The van der Waals surface area contributed by atoms with Gasteiger partial charge in [0.2, 0.25) is 0 Å². The summed E-state index contributed by atoms with van der Waals surface area (Å²) >= 11 is 1.26. The molecule has 0 bridgehead atoms. The second-order valence-corrected chi connectivity index (χ2v) is 4.75. The van der Waals surface area contributed by atoms with E-state index in [4.69, 9.17) is 0 Å². The minimum absolute atomic E-state index is 0.0859. The van der Waals surface area contributed by atoms with E-state index in [1.807, 2.05) is 13.8 Å². The molecule has 0 saturated carbocycles. The molecular formula is C12H19N2O3S+. The SMILES string of the molecule is CC[NH+](CC)CC(=O)Nc1ccsc1C(=O)OC. The van der Waals surface area contributed by atoms with Crippen molar-refractivity contribution in [3.63, 3.8) is 0 Å². The average Bonchev–Trinajstić information content (AvgIpc) is 2.82. The number of nitrogens with one attached hydrogen (secondary N) is 2. The minimum atomic E-state index is -0.421. The fraction of sp³-hybridized carbons (Fsp3) is 0.500. The van der Waals surface area contributed by atoms with Gasteiger partial charge in [-0.2, -0.15) is 0 Å². The van der Waals surface area contributed by atoms with Crippen LogP contribution < -0.4 is 10.2 Å². The van der Waals surface area contributed by atoms with Crippen LogP contribution in [0, 0.1) is 0 Å². The van der Waals surface area contributed by atoms with Gasteiger partial charge in [-0.3, -0.25) is 4.79 Å². The number of hydrogen-bond acceptors (Lipinski definition) is 4. The van der Waals surface area contributed by atoms with Crippen molar-refractivity contribution in [3.05, 3.63) is 16.3 Å². The van der Waals surface area contributed by atoms with Crippen LogP contribution in [0.3, 0.4) is 0 Å². The summed E-state index contributed by atoms with van der Waals surface area (Å²) in [6.45, 7) is 6.28. The molecule has 6 heteroatoms. The Morgan fingerprint density at radius 2 is 2.06 bits per heavy atom. The van der Waals surface area contributed by atoms with Gasteiger partial charge in [-0.1, -0.05) is 0 Å². The average molecular weight is 271 g/mol. The van der Waals surface area contributed by atoms with Crippen LogP contribution in [-0.2, 0) is 9.53 Å². The van der Waals surface area contributed by atoms with E-state index in [1.165, 1.54) is 23.3 Å². The first-order valence-electron chi connectivity index (χ1n) is 5.91. The number of thiophene rings is 1. The predicted molar refractivity (Wildman–Crippen MR) is 71.2 cm³/mol. The van der Waals surface area contributed by atoms with Crippen LogP contribution in [0.1, 0.15) is 23.5 Å². The molecule has 0 aromatic carbocycles. The predicted octanol–water partition coefficient (Wildman–Crippen LogP) is 0.398. The summed E-state index contributed by atoms with van der Waals surface area (Å²) in [4.78, 5) is 24.9. The zero-order chi connectivity index (χ0) is 13.5. The van der Waals surface area contributed by atoms with Gasteiger partial charge >= 0.3 is 5.97 Å². The monoisotopic (exact) mass is 271 g/mol. The maximum Gasteiger partial charge on any atom is 0.350 e. The molecular weight excluding hydrogens is 252 g/mol. The van der Waals surface area contributed by atoms with Gasteiger partial charge in [-0.15, -0.1) is 11.3 Å². The van der Waals surface area contributed by atoms with Crippen molar-refractivity contribution in [2.45, 2.75) is 13.8 Å². The summed E-state index contributed by atoms with van der Waals surface area (Å²) in [6.07, 6.45) is 0. The van der Waals surface area contributed by atoms with E-state index in [-0.39, 0.29) is 5.91 Å². The highest BCUT2D eigenvalue weighted by Gasteiger charge is 2.17. The Morgan fingerprint density at radius 3 is 2.61 bits per heavy atom. The largest absolute Gasteiger partial charge is 0.465 e. The van der Waals surface area contributed by atoms with Crippen LogP contribution in [0.2, 0.25) is 0 Å². The Bertz CT molecular complexity index is 413. The second kappa shape index (κ2) is 7.13. The van der Waals surface area contributed by atoms with E-state index >= 15 is 0 Å². The highest BCUT2D eigenvalue weighted by atomic mass is 32.1. The molecule has 1 aromatic heterocycles. The minimum Gasteiger partial charge on any atom is -0.465 e. The molecule has 0 spiro atoms. The zero-order valence-corrected chi connectivity index (χ0v) is 11.7. The molecule has 0 aliphatic rings. The standard InChI is InChI=1S/C12H18N2O3S/c1-4-14(5-2)8-10(15)13-9-6-7-18-11(9)12(16)17-3/h6-7H,4-5,8H2,1-3H3,(H,13,15)/p+1. The summed E-state index contributed by atoms with van der Waals surface area (Å²) in [5.74, 6) is -0.507. The van der Waals surface area contributed by atoms with Crippen LogP contribution in [0.5, 0.6) is 0 Å². The molecule has 100 valence electrons. The molecule has 5 nitrogen and oxygen atoms in total.